The van der Waals surface area contributed by atoms with Crippen LogP contribution in [0.2, 0.25) is 5.02 Å². The Morgan fingerprint density at radius 2 is 1.83 bits per heavy atom. The van der Waals surface area contributed by atoms with Gasteiger partial charge < -0.3 is 9.64 Å². The molecule has 0 saturated carbocycles. The lowest BCUT2D eigenvalue weighted by molar-refractivity contribution is -0.138. The highest BCUT2D eigenvalue weighted by Gasteiger charge is 2.44. The fourth-order valence-electron chi connectivity index (χ4n) is 4.10. The number of ketones is 1. The van der Waals surface area contributed by atoms with Crippen LogP contribution in [-0.4, -0.2) is 35.3 Å². The summed E-state index contributed by atoms with van der Waals surface area (Å²) in [5.74, 6) is -0.279. The van der Waals surface area contributed by atoms with E-state index in [9.17, 15) is 22.8 Å². The number of rotatable bonds is 1. The number of carbonyl (C=O) groups is 2. The van der Waals surface area contributed by atoms with Crippen molar-refractivity contribution in [2.75, 3.05) is 13.1 Å². The molecule has 2 aliphatic heterocycles. The van der Waals surface area contributed by atoms with Crippen LogP contribution in [0.4, 0.5) is 13.2 Å². The second-order valence-electron chi connectivity index (χ2n) is 7.82. The van der Waals surface area contributed by atoms with Crippen molar-refractivity contribution in [3.05, 3.63) is 63.7 Å². The number of hydrogen-bond donors (Lipinski definition) is 0. The number of aryl methyl sites for hydroxylation is 1. The number of Topliss-reactive ketones (excluding diaryl/α,β-unsaturated/α-hetero) is 1. The van der Waals surface area contributed by atoms with Crippen LogP contribution in [0.15, 0.2) is 36.4 Å². The van der Waals surface area contributed by atoms with Gasteiger partial charge in [0.15, 0.2) is 5.78 Å². The van der Waals surface area contributed by atoms with Crippen molar-refractivity contribution in [1.82, 2.24) is 4.90 Å². The minimum atomic E-state index is -4.61. The van der Waals surface area contributed by atoms with Crippen LogP contribution in [0, 0.1) is 6.92 Å². The second-order valence-corrected chi connectivity index (χ2v) is 8.23. The number of benzene rings is 2. The van der Waals surface area contributed by atoms with Crippen molar-refractivity contribution in [2.45, 2.75) is 38.0 Å². The third kappa shape index (κ3) is 3.67. The quantitative estimate of drug-likeness (QED) is 0.607. The van der Waals surface area contributed by atoms with E-state index in [1.807, 2.05) is 6.92 Å². The molecule has 1 amide bonds. The molecular weight excluding hydrogens is 419 g/mol. The van der Waals surface area contributed by atoms with E-state index in [0.29, 0.717) is 29.2 Å². The molecule has 158 valence electrons. The SMILES string of the molecule is Cc1cc2c(cc1Cl)C(=O)CC1(CCN(C(=O)c3ccccc3C(F)(F)F)CC1)O2. The Labute approximate surface area is 176 Å². The molecule has 0 radical (unpaired) electrons. The first kappa shape index (κ1) is 20.7. The molecule has 2 aromatic rings. The molecule has 2 aliphatic rings. The molecule has 2 heterocycles. The number of nitrogens with zero attached hydrogens (tertiary/aromatic N) is 1. The maximum absolute atomic E-state index is 13.3. The Morgan fingerprint density at radius 3 is 2.50 bits per heavy atom. The van der Waals surface area contributed by atoms with Crippen LogP contribution < -0.4 is 4.74 Å². The van der Waals surface area contributed by atoms with Gasteiger partial charge in [0.1, 0.15) is 11.4 Å². The molecule has 1 spiro atoms. The van der Waals surface area contributed by atoms with E-state index in [-0.39, 0.29) is 30.9 Å². The molecule has 8 heteroatoms. The Kier molecular flexibility index (Phi) is 5.04. The lowest BCUT2D eigenvalue weighted by atomic mass is 9.82. The largest absolute Gasteiger partial charge is 0.486 e. The Bertz CT molecular complexity index is 1030. The predicted octanol–water partition coefficient (Wildman–Crippen LogP) is 5.31. The Hall–Kier alpha value is -2.54. The van der Waals surface area contributed by atoms with Crippen molar-refractivity contribution < 1.29 is 27.5 Å². The first-order chi connectivity index (χ1) is 14.1. The van der Waals surface area contributed by atoms with E-state index in [2.05, 4.69) is 0 Å². The number of amides is 1. The maximum Gasteiger partial charge on any atom is 0.417 e. The minimum absolute atomic E-state index is 0.0830. The first-order valence-corrected chi connectivity index (χ1v) is 9.95. The zero-order valence-electron chi connectivity index (χ0n) is 16.2. The normalized spacial score (nSPS) is 18.2. The van der Waals surface area contributed by atoms with E-state index in [1.165, 1.54) is 23.1 Å². The summed E-state index contributed by atoms with van der Waals surface area (Å²) in [6.45, 7) is 2.23. The van der Waals surface area contributed by atoms with Gasteiger partial charge in [0.25, 0.3) is 5.91 Å². The number of ether oxygens (including phenoxy) is 1. The summed E-state index contributed by atoms with van der Waals surface area (Å²) in [7, 11) is 0. The molecule has 0 aromatic heterocycles. The van der Waals surface area contributed by atoms with Gasteiger partial charge in [-0.25, -0.2) is 0 Å². The minimum Gasteiger partial charge on any atom is -0.486 e. The van der Waals surface area contributed by atoms with Crippen LogP contribution in [0.25, 0.3) is 0 Å². The number of halogens is 4. The number of alkyl halides is 3. The van der Waals surface area contributed by atoms with Crippen molar-refractivity contribution in [1.29, 1.82) is 0 Å². The fraction of sp³-hybridized carbons (Fsp3) is 0.364. The summed E-state index contributed by atoms with van der Waals surface area (Å²) in [6, 6.07) is 8.12. The molecule has 0 atom stereocenters. The van der Waals surface area contributed by atoms with E-state index in [4.69, 9.17) is 16.3 Å². The average Bonchev–Trinajstić information content (AvgIpc) is 2.69. The molecule has 4 nitrogen and oxygen atoms in total. The molecule has 0 N–H and O–H groups in total. The topological polar surface area (TPSA) is 46.6 Å². The smallest absolute Gasteiger partial charge is 0.417 e. The number of piperidine rings is 1. The van der Waals surface area contributed by atoms with Crippen molar-refractivity contribution in [3.8, 4) is 5.75 Å². The van der Waals surface area contributed by atoms with Gasteiger partial charge in [-0.1, -0.05) is 23.7 Å². The molecule has 0 bridgehead atoms. The van der Waals surface area contributed by atoms with Gasteiger partial charge in [-0.15, -0.1) is 0 Å². The van der Waals surface area contributed by atoms with E-state index < -0.39 is 23.2 Å². The molecule has 2 aromatic carbocycles. The number of hydrogen-bond acceptors (Lipinski definition) is 3. The zero-order chi connectivity index (χ0) is 21.7. The van der Waals surface area contributed by atoms with Gasteiger partial charge in [0.2, 0.25) is 0 Å². The predicted molar refractivity (Wildman–Crippen MR) is 105 cm³/mol. The molecule has 0 unspecified atom stereocenters. The van der Waals surface area contributed by atoms with Crippen LogP contribution in [0.3, 0.4) is 0 Å². The highest BCUT2D eigenvalue weighted by Crippen LogP contribution is 2.41. The summed E-state index contributed by atoms with van der Waals surface area (Å²) in [5, 5.41) is 0.491. The molecule has 1 saturated heterocycles. The van der Waals surface area contributed by atoms with Gasteiger partial charge >= 0.3 is 6.18 Å². The maximum atomic E-state index is 13.3. The van der Waals surface area contributed by atoms with Crippen LogP contribution in [-0.2, 0) is 6.18 Å². The molecular formula is C22H19ClF3NO3. The lowest BCUT2D eigenvalue weighted by Gasteiger charge is -2.44. The Balaban J connectivity index is 1.53. The summed E-state index contributed by atoms with van der Waals surface area (Å²) in [6.07, 6.45) is -3.73. The third-order valence-electron chi connectivity index (χ3n) is 5.80. The van der Waals surface area contributed by atoms with Crippen LogP contribution in [0.1, 0.15) is 51.1 Å². The summed E-state index contributed by atoms with van der Waals surface area (Å²) in [5.41, 5.74) is -0.839. The van der Waals surface area contributed by atoms with Crippen LogP contribution in [0.5, 0.6) is 5.75 Å². The van der Waals surface area contributed by atoms with Crippen molar-refractivity contribution in [3.63, 3.8) is 0 Å². The van der Waals surface area contributed by atoms with E-state index >= 15 is 0 Å². The van der Waals surface area contributed by atoms with E-state index in [1.54, 1.807) is 12.1 Å². The first-order valence-electron chi connectivity index (χ1n) is 9.57. The van der Waals surface area contributed by atoms with Crippen LogP contribution >= 0.6 is 11.6 Å². The molecule has 1 fully saturated rings. The lowest BCUT2D eigenvalue weighted by Crippen LogP contribution is -2.52. The highest BCUT2D eigenvalue weighted by atomic mass is 35.5. The summed E-state index contributed by atoms with van der Waals surface area (Å²) < 4.78 is 46.0. The monoisotopic (exact) mass is 437 g/mol. The summed E-state index contributed by atoms with van der Waals surface area (Å²) in [4.78, 5) is 26.9. The average molecular weight is 438 g/mol. The second kappa shape index (κ2) is 7.30. The van der Waals surface area contributed by atoms with Gasteiger partial charge in [0.05, 0.1) is 23.1 Å². The van der Waals surface area contributed by atoms with Gasteiger partial charge in [-0.2, -0.15) is 13.2 Å². The summed E-state index contributed by atoms with van der Waals surface area (Å²) >= 11 is 6.11. The zero-order valence-corrected chi connectivity index (χ0v) is 16.9. The Morgan fingerprint density at radius 1 is 1.17 bits per heavy atom. The van der Waals surface area contributed by atoms with E-state index in [0.717, 1.165) is 11.6 Å². The molecule has 4 rings (SSSR count). The van der Waals surface area contributed by atoms with Gasteiger partial charge in [-0.3, -0.25) is 9.59 Å². The fourth-order valence-corrected chi connectivity index (χ4v) is 4.26. The standard InChI is InChI=1S/C22H19ClF3NO3/c1-13-10-19-15(11-17(13)23)18(28)12-21(30-19)6-8-27(9-7-21)20(29)14-4-2-3-5-16(14)22(24,25)26/h2-5,10-11H,6-9,12H2,1H3. The number of likely N-dealkylation sites (tertiary alicyclic amines) is 1. The number of fused-ring (bicyclic) bond motifs is 1. The highest BCUT2D eigenvalue weighted by molar-refractivity contribution is 6.31. The third-order valence-corrected chi connectivity index (χ3v) is 6.20. The number of carbonyl (C=O) groups excluding carboxylic acids is 2. The van der Waals surface area contributed by atoms with Crippen molar-refractivity contribution in [2.24, 2.45) is 0 Å². The van der Waals surface area contributed by atoms with Gasteiger partial charge in [0, 0.05) is 31.0 Å². The van der Waals surface area contributed by atoms with Gasteiger partial charge in [-0.05, 0) is 36.8 Å². The van der Waals surface area contributed by atoms with Crippen molar-refractivity contribution >= 4 is 23.3 Å². The molecule has 0 aliphatic carbocycles. The molecule has 30 heavy (non-hydrogen) atoms.